The molecule has 77 heavy (non-hydrogen) atoms. The van der Waals surface area contributed by atoms with Gasteiger partial charge in [-0.3, -0.25) is 0 Å². The van der Waals surface area contributed by atoms with Crippen molar-refractivity contribution in [2.24, 2.45) is 5.41 Å². The van der Waals surface area contributed by atoms with Crippen LogP contribution in [0.5, 0.6) is 0 Å². The zero-order valence-corrected chi connectivity index (χ0v) is 42.6. The van der Waals surface area contributed by atoms with Crippen molar-refractivity contribution in [2.75, 3.05) is 110 Å². The summed E-state index contributed by atoms with van der Waals surface area (Å²) in [6, 6.07) is 0. The van der Waals surface area contributed by atoms with Crippen LogP contribution in [0.1, 0.15) is 83.9 Å². The Bertz CT molecular complexity index is 2320. The van der Waals surface area contributed by atoms with Crippen LogP contribution < -0.4 is 0 Å². The second-order valence-corrected chi connectivity index (χ2v) is 16.0. The molecule has 0 aliphatic rings. The lowest BCUT2D eigenvalue weighted by molar-refractivity contribution is -0.133. The molecule has 4 N–H and O–H groups in total. The van der Waals surface area contributed by atoms with Crippen molar-refractivity contribution in [3.63, 3.8) is 0 Å². The quantitative estimate of drug-likeness (QED) is 0.0263. The third-order valence-electron chi connectivity index (χ3n) is 10.4. The Balaban J connectivity index is 1.66. The number of aliphatic hydroxyl groups is 4. The first-order valence-corrected chi connectivity index (χ1v) is 22.2. The number of hydrogen-bond donors (Lipinski definition) is 4. The molecule has 0 spiro atoms. The second kappa shape index (κ2) is 29.3. The number of carbonyl (C=O) groups is 8. The summed E-state index contributed by atoms with van der Waals surface area (Å²) in [6.07, 6.45) is -6.05. The van der Waals surface area contributed by atoms with Crippen molar-refractivity contribution in [3.8, 4) is 0 Å². The Kier molecular flexibility index (Phi) is 23.5. The smallest absolute Gasteiger partial charge is 0.361 e. The molecule has 4 aromatic heterocycles. The van der Waals surface area contributed by atoms with Gasteiger partial charge >= 0.3 is 47.8 Å². The molecular weight excluding hydrogens is 1040 g/mol. The zero-order chi connectivity index (χ0) is 57.0. The van der Waals surface area contributed by atoms with Crippen LogP contribution in [-0.2, 0) is 83.0 Å². The van der Waals surface area contributed by atoms with Gasteiger partial charge in [0.25, 0.3) is 0 Å². The highest BCUT2D eigenvalue weighted by molar-refractivity contribution is 6.02. The molecule has 424 valence electrons. The van der Waals surface area contributed by atoms with E-state index >= 15 is 0 Å². The van der Waals surface area contributed by atoms with Gasteiger partial charge in [-0.2, -0.15) is 0 Å². The summed E-state index contributed by atoms with van der Waals surface area (Å²) >= 11 is 0. The van der Waals surface area contributed by atoms with Crippen LogP contribution in [0.15, 0.2) is 0 Å². The summed E-state index contributed by atoms with van der Waals surface area (Å²) in [5.41, 5.74) is -5.48. The van der Waals surface area contributed by atoms with Crippen molar-refractivity contribution < 1.29 is 116 Å². The maximum Gasteiger partial charge on any atom is 0.361 e. The molecule has 36 heteroatoms. The van der Waals surface area contributed by atoms with Crippen LogP contribution in [0, 0.1) is 5.41 Å². The molecule has 0 amide bonds. The number of hydrogen-bond acceptors (Lipinski definition) is 32. The summed E-state index contributed by atoms with van der Waals surface area (Å²) in [7, 11) is 8.27. The summed E-state index contributed by atoms with van der Waals surface area (Å²) in [6.45, 7) is -6.32. The van der Waals surface area contributed by atoms with E-state index in [1.54, 1.807) is 0 Å². The number of aromatic nitrogens is 12. The maximum absolute atomic E-state index is 12.6. The molecule has 0 saturated heterocycles. The lowest BCUT2D eigenvalue weighted by Crippen LogP contribution is -2.44. The van der Waals surface area contributed by atoms with Crippen molar-refractivity contribution in [2.45, 2.75) is 50.6 Å². The molecule has 0 aliphatic heterocycles. The highest BCUT2D eigenvalue weighted by Crippen LogP contribution is 2.23. The van der Waals surface area contributed by atoms with Gasteiger partial charge in [-0.25, -0.2) is 57.1 Å². The first-order valence-electron chi connectivity index (χ1n) is 22.2. The Labute approximate surface area is 434 Å². The van der Waals surface area contributed by atoms with Crippen LogP contribution in [0.25, 0.3) is 0 Å². The van der Waals surface area contributed by atoms with Gasteiger partial charge in [0.1, 0.15) is 0 Å². The Morgan fingerprint density at radius 2 is 0.532 bits per heavy atom. The molecule has 0 bridgehead atoms. The van der Waals surface area contributed by atoms with Gasteiger partial charge < -0.3 is 77.3 Å². The summed E-state index contributed by atoms with van der Waals surface area (Å²) in [4.78, 5) is 99.9. The molecule has 4 aromatic rings. The van der Waals surface area contributed by atoms with E-state index < -0.39 is 202 Å². The van der Waals surface area contributed by atoms with Crippen LogP contribution in [0.3, 0.4) is 0 Å². The molecular formula is C41H56N12O24. The fourth-order valence-electron chi connectivity index (χ4n) is 6.80. The average molecular weight is 1100 g/mol. The van der Waals surface area contributed by atoms with E-state index in [9.17, 15) is 58.8 Å². The monoisotopic (exact) mass is 1100 g/mol. The van der Waals surface area contributed by atoms with E-state index in [1.165, 1.54) is 0 Å². The summed E-state index contributed by atoms with van der Waals surface area (Å²) < 4.78 is 65.0. The van der Waals surface area contributed by atoms with E-state index in [2.05, 4.69) is 60.2 Å². The molecule has 0 aromatic carbocycles. The SMILES string of the molecule is COC(=O)c1nnn(CC(O)COCC(COCC(O)Cn2nnc(C(=O)OC)c2C(=O)OC)(COCC(O)Cn2nnc(C(=O)OC)c2C(=O)OC)COCC(O)Cn2nnc(C(=O)OC)c2C(=O)OC)c1C(=O)OC. The molecule has 4 unspecified atom stereocenters. The number of carbonyl (C=O) groups excluding carboxylic acids is 8. The molecule has 4 heterocycles. The number of ether oxygens (including phenoxy) is 12. The fourth-order valence-corrected chi connectivity index (χ4v) is 6.80. The summed E-state index contributed by atoms with van der Waals surface area (Å²) in [5, 5.41) is 74.2. The minimum atomic E-state index is -1.60. The van der Waals surface area contributed by atoms with Gasteiger partial charge in [0.2, 0.25) is 22.8 Å². The molecule has 0 radical (unpaired) electrons. The first kappa shape index (κ1) is 61.5. The third kappa shape index (κ3) is 16.0. The Morgan fingerprint density at radius 1 is 0.351 bits per heavy atom. The number of rotatable bonds is 32. The van der Waals surface area contributed by atoms with Gasteiger partial charge in [0.05, 0.1) is 166 Å². The standard InChI is InChI=1S/C41H56N12O24/c1-66-33(58)25-29(37(62)70-5)50(46-42-25)9-21(54)13-74-17-41(18-75-14-22(55)10-51-30(38(63)71-6)26(43-47-51)34(59)67-2,19-76-15-23(56)11-52-31(39(64)72-7)27(44-48-52)35(60)68-3)20-77-16-24(57)12-53-32(40(65)73-8)28(45-49-53)36(61)69-4/h21-24,54-57H,9-20H2,1-8H3. The lowest BCUT2D eigenvalue weighted by atomic mass is 9.92. The number of esters is 8. The van der Waals surface area contributed by atoms with Crippen LogP contribution in [0.4, 0.5) is 0 Å². The molecule has 0 saturated carbocycles. The number of aliphatic hydroxyl groups excluding tert-OH is 4. The van der Waals surface area contributed by atoms with Crippen LogP contribution in [0.2, 0.25) is 0 Å². The van der Waals surface area contributed by atoms with Crippen molar-refractivity contribution in [3.05, 3.63) is 45.6 Å². The van der Waals surface area contributed by atoms with E-state index in [0.717, 1.165) is 75.6 Å². The minimum absolute atomic E-state index is 0.457. The highest BCUT2D eigenvalue weighted by atomic mass is 16.6. The lowest BCUT2D eigenvalue weighted by Gasteiger charge is -2.34. The Morgan fingerprint density at radius 3 is 0.701 bits per heavy atom. The largest absolute Gasteiger partial charge is 0.464 e. The number of nitrogens with zero attached hydrogens (tertiary/aromatic N) is 12. The van der Waals surface area contributed by atoms with Crippen molar-refractivity contribution >= 4 is 47.8 Å². The molecule has 4 rings (SSSR count). The van der Waals surface area contributed by atoms with Gasteiger partial charge in [0.15, 0.2) is 22.8 Å². The molecule has 0 fully saturated rings. The normalized spacial score (nSPS) is 13.6. The van der Waals surface area contributed by atoms with E-state index in [4.69, 9.17) is 37.9 Å². The zero-order valence-electron chi connectivity index (χ0n) is 42.6. The van der Waals surface area contributed by atoms with E-state index in [-0.39, 0.29) is 0 Å². The second-order valence-electron chi connectivity index (χ2n) is 16.0. The van der Waals surface area contributed by atoms with Gasteiger partial charge in [-0.1, -0.05) is 20.9 Å². The predicted molar refractivity (Wildman–Crippen MR) is 241 cm³/mol. The number of methoxy groups -OCH3 is 8. The topological polar surface area (TPSA) is 451 Å². The highest BCUT2D eigenvalue weighted by Gasteiger charge is 2.36. The fraction of sp³-hybridized carbons (Fsp3) is 0.610. The average Bonchev–Trinajstić information content (AvgIpc) is 4.24. The minimum Gasteiger partial charge on any atom is -0.464 e. The van der Waals surface area contributed by atoms with Crippen molar-refractivity contribution in [1.82, 2.24) is 60.0 Å². The molecule has 0 aliphatic carbocycles. The van der Waals surface area contributed by atoms with Crippen LogP contribution >= 0.6 is 0 Å². The maximum atomic E-state index is 12.6. The third-order valence-corrected chi connectivity index (χ3v) is 10.4. The van der Waals surface area contributed by atoms with E-state index in [0.29, 0.717) is 0 Å². The van der Waals surface area contributed by atoms with Crippen molar-refractivity contribution in [1.29, 1.82) is 0 Å². The van der Waals surface area contributed by atoms with E-state index in [1.807, 2.05) is 0 Å². The predicted octanol–water partition coefficient (Wildman–Crippen LogP) is -5.06. The van der Waals surface area contributed by atoms with Gasteiger partial charge in [-0.05, 0) is 0 Å². The molecule has 36 nitrogen and oxygen atoms in total. The van der Waals surface area contributed by atoms with Gasteiger partial charge in [0, 0.05) is 0 Å². The molecule has 4 atom stereocenters. The van der Waals surface area contributed by atoms with Crippen LogP contribution in [-0.4, -0.2) is 262 Å². The summed E-state index contributed by atoms with van der Waals surface area (Å²) in [5.74, 6) is -8.30. The first-order chi connectivity index (χ1) is 36.8. The van der Waals surface area contributed by atoms with Gasteiger partial charge in [-0.15, -0.1) is 20.4 Å². The Hall–Kier alpha value is -8.00.